The molecule has 4 aromatic rings. The van der Waals surface area contributed by atoms with Gasteiger partial charge < -0.3 is 10.2 Å². The Balaban J connectivity index is 1.82. The van der Waals surface area contributed by atoms with Crippen LogP contribution >= 0.6 is 12.2 Å². The van der Waals surface area contributed by atoms with Crippen molar-refractivity contribution < 1.29 is 10.2 Å². The zero-order valence-electron chi connectivity index (χ0n) is 16.9. The van der Waals surface area contributed by atoms with Crippen molar-refractivity contribution in [2.24, 2.45) is 0 Å². The second kappa shape index (κ2) is 8.71. The zero-order valence-corrected chi connectivity index (χ0v) is 17.7. The summed E-state index contributed by atoms with van der Waals surface area (Å²) in [4.78, 5) is 0. The summed E-state index contributed by atoms with van der Waals surface area (Å²) in [5, 5.41) is 30.4. The van der Waals surface area contributed by atoms with Gasteiger partial charge in [0.05, 0.1) is 11.3 Å². The van der Waals surface area contributed by atoms with Gasteiger partial charge in [0.15, 0.2) is 10.6 Å². The standard InChI is InChI=1S/C24H25N3O2S/c1-2-3-4-5-10-17-14-19(22(29)15-21(17)28)23-25-26-24(30)27(23)20-13-8-11-16-9-6-7-12-18(16)20/h6-9,11-15,28-29H,2-5,10H2,1H3,(H,26,30). The van der Waals surface area contributed by atoms with Gasteiger partial charge in [-0.2, -0.15) is 5.10 Å². The minimum absolute atomic E-state index is 0.0275. The van der Waals surface area contributed by atoms with E-state index in [1.165, 1.54) is 12.5 Å². The van der Waals surface area contributed by atoms with Crippen molar-refractivity contribution >= 4 is 23.0 Å². The molecule has 0 bridgehead atoms. The first-order chi connectivity index (χ1) is 14.6. The fourth-order valence-corrected chi connectivity index (χ4v) is 4.08. The summed E-state index contributed by atoms with van der Waals surface area (Å²) < 4.78 is 2.28. The molecule has 1 aromatic heterocycles. The van der Waals surface area contributed by atoms with E-state index in [1.54, 1.807) is 0 Å². The molecule has 3 N–H and O–H groups in total. The number of unbranched alkanes of at least 4 members (excludes halogenated alkanes) is 3. The Labute approximate surface area is 180 Å². The van der Waals surface area contributed by atoms with E-state index in [9.17, 15) is 10.2 Å². The normalized spacial score (nSPS) is 11.2. The molecule has 4 rings (SSSR count). The first-order valence-electron chi connectivity index (χ1n) is 10.3. The molecule has 0 unspecified atom stereocenters. The molecular weight excluding hydrogens is 394 g/mol. The topological polar surface area (TPSA) is 74.1 Å². The largest absolute Gasteiger partial charge is 0.508 e. The number of aromatic hydroxyl groups is 2. The number of hydrogen-bond acceptors (Lipinski definition) is 4. The van der Waals surface area contributed by atoms with Gasteiger partial charge in [0.25, 0.3) is 0 Å². The first kappa shape index (κ1) is 20.2. The molecule has 6 heteroatoms. The summed E-state index contributed by atoms with van der Waals surface area (Å²) in [5.74, 6) is 0.600. The van der Waals surface area contributed by atoms with Gasteiger partial charge in [-0.3, -0.25) is 9.67 Å². The minimum Gasteiger partial charge on any atom is -0.508 e. The molecule has 0 spiro atoms. The van der Waals surface area contributed by atoms with E-state index >= 15 is 0 Å². The van der Waals surface area contributed by atoms with E-state index in [0.717, 1.165) is 47.7 Å². The molecule has 5 nitrogen and oxygen atoms in total. The third kappa shape index (κ3) is 3.83. The Kier molecular flexibility index (Phi) is 5.86. The van der Waals surface area contributed by atoms with Crippen LogP contribution in [0.3, 0.4) is 0 Å². The van der Waals surface area contributed by atoms with Crippen LogP contribution in [0.1, 0.15) is 38.2 Å². The lowest BCUT2D eigenvalue weighted by atomic mass is 10.0. The van der Waals surface area contributed by atoms with Gasteiger partial charge in [0.2, 0.25) is 0 Å². The number of nitrogens with zero attached hydrogens (tertiary/aromatic N) is 2. The van der Waals surface area contributed by atoms with Gasteiger partial charge >= 0.3 is 0 Å². The first-order valence-corrected chi connectivity index (χ1v) is 10.7. The Hall–Kier alpha value is -3.12. The highest BCUT2D eigenvalue weighted by Gasteiger charge is 2.18. The van der Waals surface area contributed by atoms with Crippen LogP contribution in [0.4, 0.5) is 0 Å². The highest BCUT2D eigenvalue weighted by molar-refractivity contribution is 7.71. The highest BCUT2D eigenvalue weighted by atomic mass is 32.1. The van der Waals surface area contributed by atoms with Crippen LogP contribution < -0.4 is 0 Å². The van der Waals surface area contributed by atoms with Gasteiger partial charge in [-0.1, -0.05) is 62.6 Å². The Morgan fingerprint density at radius 1 is 0.967 bits per heavy atom. The van der Waals surface area contributed by atoms with Crippen molar-refractivity contribution in [3.8, 4) is 28.6 Å². The van der Waals surface area contributed by atoms with Crippen molar-refractivity contribution in [1.29, 1.82) is 0 Å². The summed E-state index contributed by atoms with van der Waals surface area (Å²) in [7, 11) is 0. The number of aromatic amines is 1. The third-order valence-corrected chi connectivity index (χ3v) is 5.69. The number of benzene rings is 3. The lowest BCUT2D eigenvalue weighted by Gasteiger charge is -2.13. The predicted molar refractivity (Wildman–Crippen MR) is 123 cm³/mol. The van der Waals surface area contributed by atoms with Gasteiger partial charge in [-0.25, -0.2) is 0 Å². The maximum atomic E-state index is 10.6. The Bertz CT molecular complexity index is 1240. The number of fused-ring (bicyclic) bond motifs is 1. The minimum atomic E-state index is -0.0275. The maximum Gasteiger partial charge on any atom is 0.200 e. The molecule has 3 aromatic carbocycles. The van der Waals surface area contributed by atoms with Crippen LogP contribution in [-0.4, -0.2) is 25.0 Å². The lowest BCUT2D eigenvalue weighted by molar-refractivity contribution is 0.445. The second-order valence-corrected chi connectivity index (χ2v) is 7.88. The van der Waals surface area contributed by atoms with Crippen molar-refractivity contribution in [3.05, 3.63) is 64.9 Å². The monoisotopic (exact) mass is 419 g/mol. The van der Waals surface area contributed by atoms with Crippen LogP contribution in [-0.2, 0) is 6.42 Å². The SMILES string of the molecule is CCCCCCc1cc(-c2n[nH]c(=S)n2-c2cccc3ccccc23)c(O)cc1O. The molecule has 30 heavy (non-hydrogen) atoms. The van der Waals surface area contributed by atoms with Crippen molar-refractivity contribution in [2.45, 2.75) is 39.0 Å². The van der Waals surface area contributed by atoms with E-state index in [4.69, 9.17) is 12.2 Å². The fourth-order valence-electron chi connectivity index (χ4n) is 3.85. The number of aryl methyl sites for hydroxylation is 1. The number of phenolic OH excluding ortho intramolecular Hbond substituents is 2. The van der Waals surface area contributed by atoms with Gasteiger partial charge in [-0.15, -0.1) is 0 Å². The second-order valence-electron chi connectivity index (χ2n) is 7.49. The number of nitrogens with one attached hydrogen (secondary N) is 1. The fraction of sp³-hybridized carbons (Fsp3) is 0.250. The molecule has 0 radical (unpaired) electrons. The summed E-state index contributed by atoms with van der Waals surface area (Å²) in [6, 6.07) is 17.3. The maximum absolute atomic E-state index is 10.6. The summed E-state index contributed by atoms with van der Waals surface area (Å²) >= 11 is 5.53. The average Bonchev–Trinajstić information content (AvgIpc) is 3.13. The molecule has 0 saturated carbocycles. The highest BCUT2D eigenvalue weighted by Crippen LogP contribution is 2.36. The summed E-state index contributed by atoms with van der Waals surface area (Å²) in [6.45, 7) is 2.17. The van der Waals surface area contributed by atoms with E-state index < -0.39 is 0 Å². The Morgan fingerprint density at radius 2 is 1.77 bits per heavy atom. The molecule has 0 amide bonds. The molecule has 0 atom stereocenters. The van der Waals surface area contributed by atoms with Gasteiger partial charge in [0.1, 0.15) is 11.5 Å². The molecule has 154 valence electrons. The van der Waals surface area contributed by atoms with E-state index in [2.05, 4.69) is 29.3 Å². The van der Waals surface area contributed by atoms with Crippen LogP contribution in [0.25, 0.3) is 27.8 Å². The quantitative estimate of drug-likeness (QED) is 0.243. The third-order valence-electron chi connectivity index (χ3n) is 5.42. The zero-order chi connectivity index (χ0) is 21.1. The molecular formula is C24H25N3O2S. The Morgan fingerprint density at radius 3 is 2.60 bits per heavy atom. The van der Waals surface area contributed by atoms with Crippen molar-refractivity contribution in [1.82, 2.24) is 14.8 Å². The van der Waals surface area contributed by atoms with Crippen molar-refractivity contribution in [2.75, 3.05) is 0 Å². The lowest BCUT2D eigenvalue weighted by Crippen LogP contribution is -2.00. The molecule has 0 aliphatic heterocycles. The number of phenols is 2. The molecule has 0 aliphatic rings. The number of aromatic nitrogens is 3. The van der Waals surface area contributed by atoms with Crippen molar-refractivity contribution in [3.63, 3.8) is 0 Å². The van der Waals surface area contributed by atoms with E-state index in [0.29, 0.717) is 16.2 Å². The summed E-state index contributed by atoms with van der Waals surface area (Å²) in [6.07, 6.45) is 5.18. The molecule has 0 aliphatic carbocycles. The number of hydrogen-bond donors (Lipinski definition) is 3. The van der Waals surface area contributed by atoms with E-state index in [1.807, 2.05) is 41.0 Å². The predicted octanol–water partition coefficient (Wildman–Crippen LogP) is 6.28. The molecule has 0 saturated heterocycles. The van der Waals surface area contributed by atoms with Crippen LogP contribution in [0.15, 0.2) is 54.6 Å². The summed E-state index contributed by atoms with van der Waals surface area (Å²) in [5.41, 5.74) is 2.23. The molecule has 1 heterocycles. The van der Waals surface area contributed by atoms with E-state index in [-0.39, 0.29) is 11.5 Å². The van der Waals surface area contributed by atoms with Gasteiger partial charge in [-0.05, 0) is 48.1 Å². The van der Waals surface area contributed by atoms with Crippen LogP contribution in [0.5, 0.6) is 11.5 Å². The van der Waals surface area contributed by atoms with Crippen LogP contribution in [0, 0.1) is 4.77 Å². The molecule has 0 fully saturated rings. The van der Waals surface area contributed by atoms with Crippen LogP contribution in [0.2, 0.25) is 0 Å². The smallest absolute Gasteiger partial charge is 0.200 e. The number of H-pyrrole nitrogens is 1. The number of rotatable bonds is 7. The van der Waals surface area contributed by atoms with Gasteiger partial charge in [0, 0.05) is 11.5 Å². The average molecular weight is 420 g/mol.